The van der Waals surface area contributed by atoms with Crippen LogP contribution in [0.2, 0.25) is 0 Å². The molecule has 0 saturated carbocycles. The third kappa shape index (κ3) is 215. The van der Waals surface area contributed by atoms with E-state index in [4.69, 9.17) is 5.11 Å². The predicted molar refractivity (Wildman–Crippen MR) is 11.9 cm³/mol. The van der Waals surface area contributed by atoms with E-state index in [1.165, 1.54) is 0 Å². The molecule has 0 N–H and O–H groups in total. The molecule has 0 aliphatic rings. The number of hydrogen-bond acceptors (Lipinski definition) is 1. The van der Waals surface area contributed by atoms with E-state index < -0.39 is 6.61 Å². The zero-order valence-electron chi connectivity index (χ0n) is 4.37. The summed E-state index contributed by atoms with van der Waals surface area (Å²) in [6.07, 6.45) is 0. The summed E-state index contributed by atoms with van der Waals surface area (Å²) in [7, 11) is 0. The Morgan fingerprint density at radius 2 is 1.29 bits per heavy atom. The van der Waals surface area contributed by atoms with E-state index in [9.17, 15) is 8.78 Å². The molecule has 7 heavy (non-hydrogen) atoms. The van der Waals surface area contributed by atoms with Crippen LogP contribution < -0.4 is 74.0 Å². The van der Waals surface area contributed by atoms with E-state index in [0.29, 0.717) is 0 Å². The second-order valence-electron chi connectivity index (χ2n) is 0.226. The van der Waals surface area contributed by atoms with Crippen molar-refractivity contribution in [1.82, 2.24) is 0 Å². The van der Waals surface area contributed by atoms with Gasteiger partial charge in [0.2, 0.25) is 0 Å². The summed E-state index contributed by atoms with van der Waals surface area (Å²) in [6.45, 7) is -2.83. The van der Waals surface area contributed by atoms with Crippen LogP contribution >= 0.6 is 0 Å². The van der Waals surface area contributed by atoms with Crippen molar-refractivity contribution in [3.05, 3.63) is 14.0 Å². The molecule has 0 heterocycles. The third-order valence-corrected chi connectivity index (χ3v) is 0. The molecule has 36 valence electrons. The van der Waals surface area contributed by atoms with Crippen LogP contribution in [-0.4, -0.2) is 0 Å². The molecule has 0 aromatic carbocycles. The molecule has 0 fully saturated rings. The molecule has 0 amide bonds. The summed E-state index contributed by atoms with van der Waals surface area (Å²) in [6, 6.07) is 0. The van der Waals surface area contributed by atoms with Crippen LogP contribution in [0, 0.1) is 14.0 Å². The second kappa shape index (κ2) is 15.8. The predicted octanol–water partition coefficient (Wildman–Crippen LogP) is -2.81. The Kier molecular flexibility index (Phi) is 56.0. The van der Waals surface area contributed by atoms with E-state index in [2.05, 4.69) is 0 Å². The average Bonchev–Trinajstić information content (AvgIpc) is 0.811. The first-order valence-electron chi connectivity index (χ1n) is 0.582. The number of halogens is 2. The molecule has 0 aliphatic heterocycles. The molecule has 0 spiro atoms. The fourth-order valence-corrected chi connectivity index (χ4v) is 0. The molecule has 1 nitrogen and oxygen atoms in total. The number of hydrogen-bond donors (Lipinski definition) is 0. The Morgan fingerprint density at radius 3 is 1.29 bits per heavy atom. The fraction of sp³-hybridized carbons (Fsp3) is 0. The van der Waals surface area contributed by atoms with Crippen LogP contribution in [0.5, 0.6) is 0 Å². The molecule has 0 atom stereocenters. The number of rotatable bonds is 0. The van der Waals surface area contributed by atoms with Gasteiger partial charge in [-0.3, -0.25) is 0 Å². The van der Waals surface area contributed by atoms with Crippen molar-refractivity contribution >= 4 is 0 Å². The maximum absolute atomic E-state index is 9.69. The standard InChI is InChI=1S/CF2O.CH3.Cs.Rf/c2-1(3)4;;;/h;1H3;;/q-2;-1;+1;. The van der Waals surface area contributed by atoms with Gasteiger partial charge in [-0.25, -0.2) is 0 Å². The average molecular weight is 481 g/mol. The summed E-state index contributed by atoms with van der Waals surface area (Å²) in [5, 5.41) is 8.11. The van der Waals surface area contributed by atoms with E-state index in [-0.39, 0.29) is 76.3 Å². The molecule has 0 rings (SSSR count). The minimum Gasteiger partial charge on any atom is -0.981 e. The second-order valence-corrected chi connectivity index (χ2v) is 0.226. The molecule has 5 heteroatoms. The Bertz CT molecular complexity index is 20.4. The Morgan fingerprint density at radius 1 is 1.29 bits per heavy atom. The summed E-state index contributed by atoms with van der Waals surface area (Å²) >= 11 is 0. The van der Waals surface area contributed by atoms with Crippen molar-refractivity contribution in [2.75, 3.05) is 0 Å². The van der Waals surface area contributed by atoms with E-state index >= 15 is 0 Å². The van der Waals surface area contributed by atoms with Gasteiger partial charge in [0.05, 0.1) is 0 Å². The maximum atomic E-state index is 9.69. The Balaban J connectivity index is -0.0000000150. The largest absolute Gasteiger partial charge is 1.00 e. The quantitative estimate of drug-likeness (QED) is 0.343. The van der Waals surface area contributed by atoms with Gasteiger partial charge in [0, 0.05) is 0 Å². The molecular formula is C2H3CsF2ORf-2. The van der Waals surface area contributed by atoms with Crippen LogP contribution in [0.3, 0.4) is 0 Å². The van der Waals surface area contributed by atoms with E-state index in [1.807, 2.05) is 0 Å². The monoisotopic (exact) mass is 481 g/mol. The molecule has 0 aromatic heterocycles. The SMILES string of the molecule is [CH3-].[Cs+].[O-][C-](F)F.[Rf]. The minimum atomic E-state index is -2.83. The van der Waals surface area contributed by atoms with Gasteiger partial charge in [0.25, 0.3) is 0 Å². The molecule has 0 saturated heterocycles. The zero-order chi connectivity index (χ0) is 3.58. The maximum Gasteiger partial charge on any atom is 1.00 e. The van der Waals surface area contributed by atoms with Crippen LogP contribution in [0.15, 0.2) is 0 Å². The summed E-state index contributed by atoms with van der Waals surface area (Å²) in [4.78, 5) is 0. The smallest absolute Gasteiger partial charge is 0.981 e. The summed E-state index contributed by atoms with van der Waals surface area (Å²) < 4.78 is 19.4. The van der Waals surface area contributed by atoms with Crippen LogP contribution in [0.1, 0.15) is 0 Å². The first-order chi connectivity index (χ1) is 1.73. The van der Waals surface area contributed by atoms with Gasteiger partial charge in [-0.1, -0.05) is 0 Å². The van der Waals surface area contributed by atoms with Crippen molar-refractivity contribution in [3.63, 3.8) is 0 Å². The topological polar surface area (TPSA) is 23.1 Å². The van der Waals surface area contributed by atoms with Gasteiger partial charge >= 0.3 is 68.9 Å². The van der Waals surface area contributed by atoms with E-state index in [1.54, 1.807) is 0 Å². The van der Waals surface area contributed by atoms with Crippen LogP contribution in [0.4, 0.5) is 8.78 Å². The van der Waals surface area contributed by atoms with Gasteiger partial charge in [-0.2, -0.15) is 0 Å². The Labute approximate surface area is 94.5 Å². The summed E-state index contributed by atoms with van der Waals surface area (Å²) in [5.74, 6) is 0. The van der Waals surface area contributed by atoms with Crippen LogP contribution in [0.25, 0.3) is 0 Å². The minimum absolute atomic E-state index is 0. The van der Waals surface area contributed by atoms with Crippen molar-refractivity contribution in [1.29, 1.82) is 0 Å². The van der Waals surface area contributed by atoms with Gasteiger partial charge < -0.3 is 21.3 Å². The first-order valence-corrected chi connectivity index (χ1v) is 0.582. The van der Waals surface area contributed by atoms with Gasteiger partial charge in [-0.15, -0.1) is 6.61 Å². The molecule has 0 aliphatic carbocycles. The van der Waals surface area contributed by atoms with E-state index in [0.717, 1.165) is 0 Å². The fourth-order valence-electron chi connectivity index (χ4n) is 0. The molecule has 0 unspecified atom stereocenters. The van der Waals surface area contributed by atoms with Crippen molar-refractivity contribution < 1.29 is 82.8 Å². The molecule has 0 aromatic rings. The van der Waals surface area contributed by atoms with Crippen LogP contribution in [-0.2, 0) is 0 Å². The molecule has 0 radical (unpaired) electrons. The van der Waals surface area contributed by atoms with Crippen molar-refractivity contribution in [2.45, 2.75) is 0 Å². The zero-order valence-corrected chi connectivity index (χ0v) is 17.1. The summed E-state index contributed by atoms with van der Waals surface area (Å²) in [5.41, 5.74) is 0. The van der Waals surface area contributed by atoms with Crippen molar-refractivity contribution in [3.8, 4) is 0 Å². The third-order valence-electron chi connectivity index (χ3n) is 0. The first kappa shape index (κ1) is 24.8. The molecule has 0 bridgehead atoms. The van der Waals surface area contributed by atoms with Crippen molar-refractivity contribution in [2.24, 2.45) is 0 Å². The Hall–Kier alpha value is 0.872. The normalized spacial score (nSPS) is 5.14. The van der Waals surface area contributed by atoms with Gasteiger partial charge in [-0.05, 0) is 0 Å². The molecular weight excluding hydrogens is 478 g/mol. The van der Waals surface area contributed by atoms with Gasteiger partial charge in [0.15, 0.2) is 0 Å². The van der Waals surface area contributed by atoms with Gasteiger partial charge in [0.1, 0.15) is 0 Å².